The van der Waals surface area contributed by atoms with Crippen molar-refractivity contribution in [1.29, 1.82) is 0 Å². The van der Waals surface area contributed by atoms with Crippen LogP contribution in [0.1, 0.15) is 0 Å². The van der Waals surface area contributed by atoms with Crippen LogP contribution in [0.5, 0.6) is 0 Å². The summed E-state index contributed by atoms with van der Waals surface area (Å²) in [5.41, 5.74) is 7.05. The van der Waals surface area contributed by atoms with Crippen molar-refractivity contribution in [3.8, 4) is 0 Å². The van der Waals surface area contributed by atoms with E-state index in [1.54, 1.807) is 11.8 Å². The average molecular weight is 195 g/mol. The maximum atomic E-state index is 4.45. The van der Waals surface area contributed by atoms with E-state index in [1.165, 1.54) is 0 Å². The molecule has 0 aromatic heterocycles. The van der Waals surface area contributed by atoms with Gasteiger partial charge in [-0.05, 0) is 0 Å². The Hall–Kier alpha value is -1.01. The fourth-order valence-electron chi connectivity index (χ4n) is 1.43. The summed E-state index contributed by atoms with van der Waals surface area (Å²) >= 11 is 1.77. The lowest BCUT2D eigenvalue weighted by Crippen LogP contribution is -2.28. The molecular weight excluding hydrogens is 186 g/mol. The van der Waals surface area contributed by atoms with Gasteiger partial charge in [-0.15, -0.1) is 11.8 Å². The van der Waals surface area contributed by atoms with Gasteiger partial charge in [0.05, 0.1) is 5.71 Å². The van der Waals surface area contributed by atoms with Gasteiger partial charge in [-0.1, -0.05) is 0 Å². The molecule has 0 spiro atoms. The van der Waals surface area contributed by atoms with Gasteiger partial charge in [-0.25, -0.2) is 10.4 Å². The van der Waals surface area contributed by atoms with Crippen molar-refractivity contribution >= 4 is 22.5 Å². The molecule has 1 fully saturated rings. The molecule has 0 aromatic rings. The first-order chi connectivity index (χ1) is 6.43. The molecule has 3 aliphatic rings. The monoisotopic (exact) mass is 195 g/mol. The summed E-state index contributed by atoms with van der Waals surface area (Å²) in [5, 5.41) is 7.41. The SMILES string of the molecule is C1=C2NNCN2N=C2SCCN=C12. The molecule has 1 saturated heterocycles. The smallest absolute Gasteiger partial charge is 0.142 e. The van der Waals surface area contributed by atoms with Crippen molar-refractivity contribution in [1.82, 2.24) is 15.9 Å². The number of hydrogen-bond donors (Lipinski definition) is 2. The van der Waals surface area contributed by atoms with Gasteiger partial charge in [0.2, 0.25) is 0 Å². The Balaban J connectivity index is 2.01. The van der Waals surface area contributed by atoms with E-state index in [1.807, 2.05) is 11.1 Å². The molecule has 0 unspecified atom stereocenters. The highest BCUT2D eigenvalue weighted by Gasteiger charge is 2.25. The number of allylic oxidation sites excluding steroid dienone is 1. The Morgan fingerprint density at radius 3 is 3.54 bits per heavy atom. The Morgan fingerprint density at radius 2 is 2.54 bits per heavy atom. The lowest BCUT2D eigenvalue weighted by atomic mass is 10.3. The van der Waals surface area contributed by atoms with E-state index < -0.39 is 0 Å². The number of fused-ring (bicyclic) bond motifs is 2. The molecular formula is C7H9N5S. The summed E-state index contributed by atoms with van der Waals surface area (Å²) in [6.07, 6.45) is 2.04. The highest BCUT2D eigenvalue weighted by atomic mass is 32.2. The van der Waals surface area contributed by atoms with Crippen LogP contribution in [-0.4, -0.2) is 34.7 Å². The van der Waals surface area contributed by atoms with E-state index in [2.05, 4.69) is 20.9 Å². The van der Waals surface area contributed by atoms with Gasteiger partial charge < -0.3 is 5.43 Å². The fourth-order valence-corrected chi connectivity index (χ4v) is 2.23. The molecule has 3 aliphatic heterocycles. The van der Waals surface area contributed by atoms with Gasteiger partial charge >= 0.3 is 0 Å². The first kappa shape index (κ1) is 7.40. The van der Waals surface area contributed by atoms with Crippen LogP contribution < -0.4 is 10.9 Å². The summed E-state index contributed by atoms with van der Waals surface area (Å²) in [4.78, 5) is 4.41. The number of aliphatic imine (C=N–C) groups is 1. The second-order valence-electron chi connectivity index (χ2n) is 2.91. The minimum Gasteiger partial charge on any atom is -0.304 e. The van der Waals surface area contributed by atoms with Crippen molar-refractivity contribution < 1.29 is 0 Å². The van der Waals surface area contributed by atoms with Crippen molar-refractivity contribution in [2.75, 3.05) is 19.0 Å². The topological polar surface area (TPSA) is 52.0 Å². The number of rotatable bonds is 0. The van der Waals surface area contributed by atoms with Gasteiger partial charge in [0, 0.05) is 18.4 Å². The number of thioether (sulfide) groups is 1. The molecule has 0 amide bonds. The van der Waals surface area contributed by atoms with Gasteiger partial charge in [-0.3, -0.25) is 4.99 Å². The van der Waals surface area contributed by atoms with Crippen LogP contribution in [0.15, 0.2) is 22.0 Å². The van der Waals surface area contributed by atoms with Gasteiger partial charge in [0.25, 0.3) is 0 Å². The maximum absolute atomic E-state index is 4.45. The molecule has 13 heavy (non-hydrogen) atoms. The second-order valence-corrected chi connectivity index (χ2v) is 3.99. The van der Waals surface area contributed by atoms with E-state index >= 15 is 0 Å². The number of hydrazone groups is 1. The van der Waals surface area contributed by atoms with Crippen LogP contribution in [0.25, 0.3) is 0 Å². The number of hydrogen-bond acceptors (Lipinski definition) is 6. The number of nitrogens with one attached hydrogen (secondary N) is 2. The molecule has 68 valence electrons. The molecule has 0 aliphatic carbocycles. The minimum absolute atomic E-state index is 0.725. The van der Waals surface area contributed by atoms with Crippen molar-refractivity contribution in [3.63, 3.8) is 0 Å². The third-order valence-corrected chi connectivity index (χ3v) is 2.99. The molecule has 3 heterocycles. The molecule has 3 rings (SSSR count). The number of hydrazine groups is 1. The molecule has 0 radical (unpaired) electrons. The summed E-state index contributed by atoms with van der Waals surface area (Å²) in [6.45, 7) is 1.62. The third kappa shape index (κ3) is 1.13. The van der Waals surface area contributed by atoms with Crippen molar-refractivity contribution in [2.45, 2.75) is 0 Å². The normalized spacial score (nSPS) is 25.2. The zero-order valence-corrected chi connectivity index (χ0v) is 7.77. The average Bonchev–Trinajstić information content (AvgIpc) is 2.61. The zero-order chi connectivity index (χ0) is 8.67. The summed E-state index contributed by atoms with van der Waals surface area (Å²) < 4.78 is 0. The van der Waals surface area contributed by atoms with Gasteiger partial charge in [-0.2, -0.15) is 5.10 Å². The summed E-state index contributed by atoms with van der Waals surface area (Å²) in [5.74, 6) is 2.03. The molecule has 0 aromatic carbocycles. The molecule has 2 N–H and O–H groups in total. The largest absolute Gasteiger partial charge is 0.304 e. The minimum atomic E-state index is 0.725. The third-order valence-electron chi connectivity index (χ3n) is 2.04. The molecule has 5 nitrogen and oxygen atoms in total. The van der Waals surface area contributed by atoms with E-state index in [9.17, 15) is 0 Å². The lowest BCUT2D eigenvalue weighted by Gasteiger charge is -2.21. The van der Waals surface area contributed by atoms with Crippen LogP contribution in [0.3, 0.4) is 0 Å². The first-order valence-corrected chi connectivity index (χ1v) is 5.16. The lowest BCUT2D eigenvalue weighted by molar-refractivity contribution is 0.407. The van der Waals surface area contributed by atoms with Crippen LogP contribution in [0, 0.1) is 0 Å². The van der Waals surface area contributed by atoms with Crippen LogP contribution in [0.2, 0.25) is 0 Å². The first-order valence-electron chi connectivity index (χ1n) is 4.18. The molecule has 0 saturated carbocycles. The predicted octanol–water partition coefficient (Wildman–Crippen LogP) is -0.290. The summed E-state index contributed by atoms with van der Waals surface area (Å²) in [6, 6.07) is 0. The Morgan fingerprint density at radius 1 is 1.54 bits per heavy atom. The van der Waals surface area contributed by atoms with E-state index in [-0.39, 0.29) is 0 Å². The zero-order valence-electron chi connectivity index (χ0n) is 6.95. The quantitative estimate of drug-likeness (QED) is 0.557. The standard InChI is InChI=1S/C7H9N5S/c1-2-13-7-5(8-1)3-6-10-9-4-12(6)11-7/h3,9-10H,1-2,4H2. The molecule has 0 atom stereocenters. The van der Waals surface area contributed by atoms with Gasteiger partial charge in [0.15, 0.2) is 0 Å². The molecule has 0 bridgehead atoms. The van der Waals surface area contributed by atoms with E-state index in [0.29, 0.717) is 0 Å². The predicted molar refractivity (Wildman–Crippen MR) is 53.3 cm³/mol. The molecule has 6 heteroatoms. The van der Waals surface area contributed by atoms with Gasteiger partial charge in [0.1, 0.15) is 17.5 Å². The van der Waals surface area contributed by atoms with Crippen LogP contribution >= 0.6 is 11.8 Å². The fraction of sp³-hybridized carbons (Fsp3) is 0.429. The van der Waals surface area contributed by atoms with E-state index in [4.69, 9.17) is 0 Å². The van der Waals surface area contributed by atoms with Crippen LogP contribution in [0.4, 0.5) is 0 Å². The van der Waals surface area contributed by atoms with E-state index in [0.717, 1.165) is 35.5 Å². The Kier molecular flexibility index (Phi) is 1.56. The van der Waals surface area contributed by atoms with Crippen molar-refractivity contribution in [3.05, 3.63) is 11.9 Å². The highest BCUT2D eigenvalue weighted by Crippen LogP contribution is 2.20. The second kappa shape index (κ2) is 2.74. The maximum Gasteiger partial charge on any atom is 0.142 e. The summed E-state index contributed by atoms with van der Waals surface area (Å²) in [7, 11) is 0. The highest BCUT2D eigenvalue weighted by molar-refractivity contribution is 8.15. The van der Waals surface area contributed by atoms with Crippen LogP contribution in [-0.2, 0) is 0 Å². The Labute approximate surface area is 79.9 Å². The number of nitrogens with zero attached hydrogens (tertiary/aromatic N) is 3. The van der Waals surface area contributed by atoms with Crippen molar-refractivity contribution in [2.24, 2.45) is 10.1 Å². The Bertz CT molecular complexity index is 332.